The summed E-state index contributed by atoms with van der Waals surface area (Å²) in [6.07, 6.45) is 5.72. The molecule has 2 aliphatic carbocycles. The molecule has 0 heterocycles. The Morgan fingerprint density at radius 2 is 1.21 bits per heavy atom. The average molecular weight is 266 g/mol. The van der Waals surface area contributed by atoms with Crippen molar-refractivity contribution in [3.8, 4) is 0 Å². The zero-order valence-corrected chi connectivity index (χ0v) is 11.7. The first-order chi connectivity index (χ1) is 8.93. The Hall–Kier alpha value is -1.32. The molecule has 0 spiro atoms. The summed E-state index contributed by atoms with van der Waals surface area (Å²) in [6, 6.07) is 0. The molecule has 0 bridgehead atoms. The van der Waals surface area contributed by atoms with Crippen LogP contribution in [0.25, 0.3) is 0 Å². The van der Waals surface area contributed by atoms with Crippen LogP contribution in [0.15, 0.2) is 0 Å². The SMILES string of the molecule is CC(=O)C1CCCC1=O.CC(=O)C1CCCCC1=O. The van der Waals surface area contributed by atoms with Crippen LogP contribution in [0.4, 0.5) is 0 Å². The van der Waals surface area contributed by atoms with Crippen LogP contribution in [0, 0.1) is 11.8 Å². The highest BCUT2D eigenvalue weighted by atomic mass is 16.2. The lowest BCUT2D eigenvalue weighted by Crippen LogP contribution is -2.24. The molecule has 2 fully saturated rings. The van der Waals surface area contributed by atoms with E-state index in [9.17, 15) is 19.2 Å². The Labute approximate surface area is 113 Å². The summed E-state index contributed by atoms with van der Waals surface area (Å²) < 4.78 is 0. The van der Waals surface area contributed by atoms with E-state index in [1.165, 1.54) is 13.8 Å². The Morgan fingerprint density at radius 3 is 1.53 bits per heavy atom. The van der Waals surface area contributed by atoms with Crippen LogP contribution in [0.2, 0.25) is 0 Å². The predicted octanol–water partition coefficient (Wildman–Crippen LogP) is 2.28. The van der Waals surface area contributed by atoms with E-state index in [1.54, 1.807) is 0 Å². The Balaban J connectivity index is 0.000000191. The third kappa shape index (κ3) is 4.69. The fourth-order valence-electron chi connectivity index (χ4n) is 2.66. The number of hydrogen-bond donors (Lipinski definition) is 0. The standard InChI is InChI=1S/C8H12O2.C7H10O2/c1-6(9)7-4-2-3-5-8(7)10;1-5(8)6-3-2-4-7(6)9/h7H,2-5H2,1H3;6H,2-4H2,1H3. The lowest BCUT2D eigenvalue weighted by atomic mass is 9.86. The van der Waals surface area contributed by atoms with Crippen LogP contribution in [0.5, 0.6) is 0 Å². The van der Waals surface area contributed by atoms with Gasteiger partial charge in [-0.3, -0.25) is 19.2 Å². The van der Waals surface area contributed by atoms with E-state index in [0.29, 0.717) is 12.8 Å². The van der Waals surface area contributed by atoms with Gasteiger partial charge in [-0.15, -0.1) is 0 Å². The number of rotatable bonds is 2. The van der Waals surface area contributed by atoms with E-state index >= 15 is 0 Å². The summed E-state index contributed by atoms with van der Waals surface area (Å²) in [5.41, 5.74) is 0. The van der Waals surface area contributed by atoms with Gasteiger partial charge in [-0.25, -0.2) is 0 Å². The number of carbonyl (C=O) groups excluding carboxylic acids is 4. The maximum Gasteiger partial charge on any atom is 0.143 e. The summed E-state index contributed by atoms with van der Waals surface area (Å²) >= 11 is 0. The number of ketones is 4. The van der Waals surface area contributed by atoms with Crippen molar-refractivity contribution in [1.29, 1.82) is 0 Å². The Morgan fingerprint density at radius 1 is 0.789 bits per heavy atom. The van der Waals surface area contributed by atoms with Crippen LogP contribution < -0.4 is 0 Å². The second-order valence-electron chi connectivity index (χ2n) is 5.40. The molecule has 0 radical (unpaired) electrons. The molecular formula is C15H22O4. The lowest BCUT2D eigenvalue weighted by Gasteiger charge is -2.16. The Kier molecular flexibility index (Phi) is 6.06. The van der Waals surface area contributed by atoms with E-state index in [0.717, 1.165) is 32.1 Å². The topological polar surface area (TPSA) is 68.3 Å². The van der Waals surface area contributed by atoms with E-state index in [2.05, 4.69) is 0 Å². The highest BCUT2D eigenvalue weighted by molar-refractivity contribution is 6.02. The van der Waals surface area contributed by atoms with Crippen molar-refractivity contribution in [1.82, 2.24) is 0 Å². The van der Waals surface area contributed by atoms with Gasteiger partial charge in [0.2, 0.25) is 0 Å². The van der Waals surface area contributed by atoms with Crippen LogP contribution in [0.1, 0.15) is 58.8 Å². The van der Waals surface area contributed by atoms with Crippen molar-refractivity contribution < 1.29 is 19.2 Å². The molecule has 2 unspecified atom stereocenters. The largest absolute Gasteiger partial charge is 0.299 e. The highest BCUT2D eigenvalue weighted by Gasteiger charge is 2.27. The zero-order chi connectivity index (χ0) is 14.4. The molecule has 2 rings (SSSR count). The Bertz CT molecular complexity index is 384. The van der Waals surface area contributed by atoms with Gasteiger partial charge in [-0.05, 0) is 39.5 Å². The molecule has 0 saturated heterocycles. The summed E-state index contributed by atoms with van der Waals surface area (Å²) in [5.74, 6) is -0.123. The van der Waals surface area contributed by atoms with Crippen LogP contribution in [0.3, 0.4) is 0 Å². The minimum Gasteiger partial charge on any atom is -0.299 e. The molecular weight excluding hydrogens is 244 g/mol. The van der Waals surface area contributed by atoms with Gasteiger partial charge in [0.25, 0.3) is 0 Å². The van der Waals surface area contributed by atoms with Gasteiger partial charge in [-0.2, -0.15) is 0 Å². The first-order valence-electron chi connectivity index (χ1n) is 6.99. The highest BCUT2D eigenvalue weighted by Crippen LogP contribution is 2.21. The first-order valence-corrected chi connectivity index (χ1v) is 6.99. The quantitative estimate of drug-likeness (QED) is 0.719. The number of Topliss-reactive ketones (excluding diaryl/α,β-unsaturated/α-hetero) is 4. The van der Waals surface area contributed by atoms with E-state index in [1.807, 2.05) is 0 Å². The van der Waals surface area contributed by atoms with Crippen LogP contribution in [-0.2, 0) is 19.2 Å². The molecule has 0 amide bonds. The van der Waals surface area contributed by atoms with E-state index < -0.39 is 0 Å². The zero-order valence-electron chi connectivity index (χ0n) is 11.7. The normalized spacial score (nSPS) is 26.6. The molecule has 19 heavy (non-hydrogen) atoms. The summed E-state index contributed by atoms with van der Waals surface area (Å²) in [4.78, 5) is 43.2. The van der Waals surface area contributed by atoms with Crippen molar-refractivity contribution in [3.05, 3.63) is 0 Å². The molecule has 0 aliphatic heterocycles. The fraction of sp³-hybridized carbons (Fsp3) is 0.733. The molecule has 2 saturated carbocycles. The third-order valence-corrected chi connectivity index (χ3v) is 3.84. The summed E-state index contributed by atoms with van der Waals surface area (Å²) in [7, 11) is 0. The minimum absolute atomic E-state index is 0.0394. The smallest absolute Gasteiger partial charge is 0.143 e. The van der Waals surface area contributed by atoms with Crippen molar-refractivity contribution in [2.45, 2.75) is 58.8 Å². The van der Waals surface area contributed by atoms with Gasteiger partial charge in [0.1, 0.15) is 23.1 Å². The maximum atomic E-state index is 11.0. The monoisotopic (exact) mass is 266 g/mol. The predicted molar refractivity (Wildman–Crippen MR) is 70.7 cm³/mol. The molecule has 0 aromatic heterocycles. The molecule has 0 aromatic carbocycles. The molecule has 0 aromatic rings. The van der Waals surface area contributed by atoms with Crippen LogP contribution in [-0.4, -0.2) is 23.1 Å². The third-order valence-electron chi connectivity index (χ3n) is 3.84. The second kappa shape index (κ2) is 7.31. The first kappa shape index (κ1) is 15.7. The van der Waals surface area contributed by atoms with Gasteiger partial charge >= 0.3 is 0 Å². The van der Waals surface area contributed by atoms with Gasteiger partial charge < -0.3 is 0 Å². The van der Waals surface area contributed by atoms with Crippen LogP contribution >= 0.6 is 0 Å². The van der Waals surface area contributed by atoms with E-state index in [-0.39, 0.29) is 35.0 Å². The van der Waals surface area contributed by atoms with E-state index in [4.69, 9.17) is 0 Å². The molecule has 0 N–H and O–H groups in total. The fourth-order valence-corrected chi connectivity index (χ4v) is 2.66. The molecule has 2 aliphatic rings. The molecule has 4 nitrogen and oxygen atoms in total. The average Bonchev–Trinajstić information content (AvgIpc) is 2.76. The number of hydrogen-bond acceptors (Lipinski definition) is 4. The van der Waals surface area contributed by atoms with Crippen molar-refractivity contribution in [2.24, 2.45) is 11.8 Å². The molecule has 106 valence electrons. The van der Waals surface area contributed by atoms with Gasteiger partial charge in [0.15, 0.2) is 0 Å². The van der Waals surface area contributed by atoms with Crippen molar-refractivity contribution in [3.63, 3.8) is 0 Å². The van der Waals surface area contributed by atoms with Crippen molar-refractivity contribution >= 4 is 23.1 Å². The van der Waals surface area contributed by atoms with Gasteiger partial charge in [-0.1, -0.05) is 6.42 Å². The maximum absolute atomic E-state index is 11.0. The molecule has 4 heteroatoms. The summed E-state index contributed by atoms with van der Waals surface area (Å²) in [5, 5.41) is 0. The van der Waals surface area contributed by atoms with Gasteiger partial charge in [0, 0.05) is 12.8 Å². The lowest BCUT2D eigenvalue weighted by molar-refractivity contribution is -0.133. The minimum atomic E-state index is -0.256. The summed E-state index contributed by atoms with van der Waals surface area (Å²) in [6.45, 7) is 3.00. The second-order valence-corrected chi connectivity index (χ2v) is 5.40. The molecule has 2 atom stereocenters. The van der Waals surface area contributed by atoms with Crippen molar-refractivity contribution in [2.75, 3.05) is 0 Å². The number of carbonyl (C=O) groups is 4. The van der Waals surface area contributed by atoms with Gasteiger partial charge in [0.05, 0.1) is 11.8 Å².